The number of aromatic nitrogens is 4. The van der Waals surface area contributed by atoms with Crippen LogP contribution >= 0.6 is 11.6 Å². The van der Waals surface area contributed by atoms with Gasteiger partial charge in [0, 0.05) is 5.56 Å². The van der Waals surface area contributed by atoms with E-state index in [1.54, 1.807) is 18.9 Å². The number of furan rings is 1. The molecule has 3 aromatic rings. The van der Waals surface area contributed by atoms with Crippen molar-refractivity contribution in [1.82, 2.24) is 19.5 Å². The van der Waals surface area contributed by atoms with Crippen molar-refractivity contribution >= 4 is 28.7 Å². The summed E-state index contributed by atoms with van der Waals surface area (Å²) in [7, 11) is 0. The standard InChI is InChI=1S/C10H8ClN5O/c11-8-7-9(15-10(12)14-8)16(5-13-7)3-6-1-2-17-4-6/h1-2,4-5H,3H2,(H2,12,14,15). The molecule has 0 fully saturated rings. The van der Waals surface area contributed by atoms with Gasteiger partial charge < -0.3 is 14.7 Å². The summed E-state index contributed by atoms with van der Waals surface area (Å²) >= 11 is 5.93. The van der Waals surface area contributed by atoms with Crippen LogP contribution in [0.4, 0.5) is 5.95 Å². The van der Waals surface area contributed by atoms with E-state index in [4.69, 9.17) is 21.8 Å². The molecule has 0 bridgehead atoms. The van der Waals surface area contributed by atoms with Crippen molar-refractivity contribution in [1.29, 1.82) is 0 Å². The average molecular weight is 250 g/mol. The van der Waals surface area contributed by atoms with Gasteiger partial charge in [-0.15, -0.1) is 0 Å². The second kappa shape index (κ2) is 3.74. The molecular weight excluding hydrogens is 242 g/mol. The van der Waals surface area contributed by atoms with Crippen LogP contribution < -0.4 is 5.73 Å². The van der Waals surface area contributed by atoms with Gasteiger partial charge in [-0.3, -0.25) is 0 Å². The fourth-order valence-electron chi connectivity index (χ4n) is 1.62. The topological polar surface area (TPSA) is 82.8 Å². The van der Waals surface area contributed by atoms with E-state index in [0.717, 1.165) is 5.56 Å². The lowest BCUT2D eigenvalue weighted by atomic mass is 10.3. The average Bonchev–Trinajstić information content (AvgIpc) is 2.89. The lowest BCUT2D eigenvalue weighted by molar-refractivity contribution is 0.562. The largest absolute Gasteiger partial charge is 0.472 e. The Labute approximate surface area is 101 Å². The second-order valence-corrected chi connectivity index (χ2v) is 3.91. The smallest absolute Gasteiger partial charge is 0.223 e. The van der Waals surface area contributed by atoms with Gasteiger partial charge in [-0.05, 0) is 6.07 Å². The minimum atomic E-state index is 0.136. The number of nitrogens with two attached hydrogens (primary N) is 1. The number of rotatable bonds is 2. The lowest BCUT2D eigenvalue weighted by Gasteiger charge is -2.01. The quantitative estimate of drug-likeness (QED) is 0.699. The van der Waals surface area contributed by atoms with Crippen molar-refractivity contribution in [3.05, 3.63) is 35.6 Å². The summed E-state index contributed by atoms with van der Waals surface area (Å²) in [5.41, 5.74) is 7.73. The van der Waals surface area contributed by atoms with Gasteiger partial charge in [-0.2, -0.15) is 9.97 Å². The monoisotopic (exact) mass is 249 g/mol. The van der Waals surface area contributed by atoms with Crippen LogP contribution in [0.15, 0.2) is 29.3 Å². The minimum Gasteiger partial charge on any atom is -0.472 e. The Bertz CT molecular complexity index is 661. The highest BCUT2D eigenvalue weighted by atomic mass is 35.5. The highest BCUT2D eigenvalue weighted by Crippen LogP contribution is 2.20. The van der Waals surface area contributed by atoms with Crippen molar-refractivity contribution in [2.75, 3.05) is 5.73 Å². The minimum absolute atomic E-state index is 0.136. The number of hydrogen-bond acceptors (Lipinski definition) is 5. The van der Waals surface area contributed by atoms with Crippen molar-refractivity contribution in [3.63, 3.8) is 0 Å². The summed E-state index contributed by atoms with van der Waals surface area (Å²) in [4.78, 5) is 12.1. The highest BCUT2D eigenvalue weighted by Gasteiger charge is 2.10. The van der Waals surface area contributed by atoms with E-state index in [2.05, 4.69) is 15.0 Å². The van der Waals surface area contributed by atoms with Gasteiger partial charge in [0.1, 0.15) is 5.52 Å². The summed E-state index contributed by atoms with van der Waals surface area (Å²) in [6.07, 6.45) is 4.93. The predicted molar refractivity (Wildman–Crippen MR) is 62.6 cm³/mol. The van der Waals surface area contributed by atoms with E-state index in [1.165, 1.54) is 0 Å². The first-order valence-corrected chi connectivity index (χ1v) is 5.27. The van der Waals surface area contributed by atoms with Crippen LogP contribution in [0.1, 0.15) is 5.56 Å². The predicted octanol–water partition coefficient (Wildman–Crippen LogP) is 1.70. The van der Waals surface area contributed by atoms with E-state index in [1.807, 2.05) is 10.6 Å². The number of anilines is 1. The maximum atomic E-state index is 5.93. The first kappa shape index (κ1) is 10.1. The highest BCUT2D eigenvalue weighted by molar-refractivity contribution is 6.33. The van der Waals surface area contributed by atoms with Crippen LogP contribution in [0.3, 0.4) is 0 Å². The Morgan fingerprint density at radius 3 is 3.06 bits per heavy atom. The third-order valence-electron chi connectivity index (χ3n) is 2.37. The van der Waals surface area contributed by atoms with E-state index in [0.29, 0.717) is 17.7 Å². The zero-order valence-electron chi connectivity index (χ0n) is 8.67. The molecule has 7 heteroatoms. The van der Waals surface area contributed by atoms with Crippen LogP contribution in [0.5, 0.6) is 0 Å². The first-order valence-electron chi connectivity index (χ1n) is 4.89. The number of nitrogens with zero attached hydrogens (tertiary/aromatic N) is 4. The molecule has 17 heavy (non-hydrogen) atoms. The van der Waals surface area contributed by atoms with Crippen LogP contribution in [-0.2, 0) is 6.54 Å². The van der Waals surface area contributed by atoms with Crippen molar-refractivity contribution in [2.24, 2.45) is 0 Å². The molecule has 0 aliphatic carbocycles. The third-order valence-corrected chi connectivity index (χ3v) is 2.64. The fourth-order valence-corrected chi connectivity index (χ4v) is 1.84. The van der Waals surface area contributed by atoms with Crippen LogP contribution in [0.25, 0.3) is 11.2 Å². The second-order valence-electron chi connectivity index (χ2n) is 3.55. The van der Waals surface area contributed by atoms with Crippen molar-refractivity contribution in [3.8, 4) is 0 Å². The number of hydrogen-bond donors (Lipinski definition) is 1. The molecule has 3 rings (SSSR count). The van der Waals surface area contributed by atoms with Gasteiger partial charge in [0.25, 0.3) is 0 Å². The molecule has 3 aromatic heterocycles. The lowest BCUT2D eigenvalue weighted by Crippen LogP contribution is -2.01. The Balaban J connectivity index is 2.11. The molecule has 0 spiro atoms. The molecule has 0 saturated carbocycles. The van der Waals surface area contributed by atoms with E-state index >= 15 is 0 Å². The molecule has 0 aromatic carbocycles. The maximum Gasteiger partial charge on any atom is 0.223 e. The van der Waals surface area contributed by atoms with E-state index < -0.39 is 0 Å². The molecule has 0 amide bonds. The molecule has 0 aliphatic rings. The summed E-state index contributed by atoms with van der Waals surface area (Å²) in [6, 6.07) is 1.87. The molecule has 0 radical (unpaired) electrons. The zero-order valence-corrected chi connectivity index (χ0v) is 9.42. The summed E-state index contributed by atoms with van der Waals surface area (Å²) in [6.45, 7) is 0.597. The fraction of sp³-hybridized carbons (Fsp3) is 0.100. The van der Waals surface area contributed by atoms with Gasteiger partial charge in [0.15, 0.2) is 10.8 Å². The molecule has 86 valence electrons. The molecule has 0 aliphatic heterocycles. The van der Waals surface area contributed by atoms with Gasteiger partial charge in [0.05, 0.1) is 25.4 Å². The number of imidazole rings is 1. The van der Waals surface area contributed by atoms with Crippen LogP contribution in [0, 0.1) is 0 Å². The summed E-state index contributed by atoms with van der Waals surface area (Å²) in [5.74, 6) is 0.136. The van der Waals surface area contributed by atoms with Gasteiger partial charge >= 0.3 is 0 Å². The molecule has 0 saturated heterocycles. The molecule has 3 heterocycles. The van der Waals surface area contributed by atoms with Crippen LogP contribution in [-0.4, -0.2) is 19.5 Å². The third kappa shape index (κ3) is 1.72. The Morgan fingerprint density at radius 1 is 1.41 bits per heavy atom. The number of nitrogen functional groups attached to an aromatic ring is 1. The molecule has 0 atom stereocenters. The number of halogens is 1. The Kier molecular flexibility index (Phi) is 2.22. The SMILES string of the molecule is Nc1nc(Cl)c2ncn(Cc3ccoc3)c2n1. The summed E-state index contributed by atoms with van der Waals surface area (Å²) < 4.78 is 6.84. The molecule has 2 N–H and O–H groups in total. The molecule has 6 nitrogen and oxygen atoms in total. The van der Waals surface area contributed by atoms with Crippen molar-refractivity contribution in [2.45, 2.75) is 6.54 Å². The zero-order chi connectivity index (χ0) is 11.8. The van der Waals surface area contributed by atoms with Gasteiger partial charge in [0.2, 0.25) is 5.95 Å². The number of fused-ring (bicyclic) bond motifs is 1. The van der Waals surface area contributed by atoms with Crippen LogP contribution in [0.2, 0.25) is 5.15 Å². The molecule has 0 unspecified atom stereocenters. The Hall–Kier alpha value is -2.08. The Morgan fingerprint density at radius 2 is 2.29 bits per heavy atom. The maximum absolute atomic E-state index is 5.93. The molecular formula is C10H8ClN5O. The van der Waals surface area contributed by atoms with Crippen molar-refractivity contribution < 1.29 is 4.42 Å². The normalized spacial score (nSPS) is 11.1. The van der Waals surface area contributed by atoms with Gasteiger partial charge in [-0.25, -0.2) is 4.98 Å². The van der Waals surface area contributed by atoms with Gasteiger partial charge in [-0.1, -0.05) is 11.6 Å². The van der Waals surface area contributed by atoms with E-state index in [9.17, 15) is 0 Å². The van der Waals surface area contributed by atoms with E-state index in [-0.39, 0.29) is 11.1 Å². The summed E-state index contributed by atoms with van der Waals surface area (Å²) in [5, 5.41) is 0.262. The first-order chi connectivity index (χ1) is 8.24.